The summed E-state index contributed by atoms with van der Waals surface area (Å²) < 4.78 is 1.25. The molecule has 112 valence electrons. The molecule has 0 aliphatic carbocycles. The molecule has 1 N–H and O–H groups in total. The summed E-state index contributed by atoms with van der Waals surface area (Å²) in [5.74, 6) is 0.913. The van der Waals surface area contributed by atoms with Crippen molar-refractivity contribution < 1.29 is 0 Å². The van der Waals surface area contributed by atoms with Crippen molar-refractivity contribution in [2.45, 2.75) is 13.0 Å². The Morgan fingerprint density at radius 3 is 2.62 bits per heavy atom. The molecule has 7 heteroatoms. The molecule has 1 unspecified atom stereocenters. The zero-order valence-electron chi connectivity index (χ0n) is 11.6. The van der Waals surface area contributed by atoms with E-state index in [1.165, 1.54) is 4.68 Å². The van der Waals surface area contributed by atoms with Gasteiger partial charge in [0, 0.05) is 16.8 Å². The van der Waals surface area contributed by atoms with Gasteiger partial charge in [0.25, 0.3) is 5.56 Å². The molecule has 1 atom stereocenters. The highest BCUT2D eigenvalue weighted by Crippen LogP contribution is 2.19. The highest BCUT2D eigenvalue weighted by Gasteiger charge is 2.12. The van der Waals surface area contributed by atoms with Gasteiger partial charge in [0.05, 0.1) is 17.6 Å². The van der Waals surface area contributed by atoms with Crippen LogP contribution in [0, 0.1) is 0 Å². The van der Waals surface area contributed by atoms with Crippen molar-refractivity contribution in [3.63, 3.8) is 0 Å². The molecular formula is C14H15Cl2N3OS. The number of hydrogen-bond acceptors (Lipinski definition) is 4. The molecule has 2 aromatic rings. The summed E-state index contributed by atoms with van der Waals surface area (Å²) >= 11 is 13.7. The Labute approximate surface area is 137 Å². The Balaban J connectivity index is 2.33. The van der Waals surface area contributed by atoms with Gasteiger partial charge in [0.2, 0.25) is 0 Å². The van der Waals surface area contributed by atoms with Crippen molar-refractivity contribution in [2.75, 3.05) is 17.3 Å². The second-order valence-corrected chi connectivity index (χ2v) is 6.29. The summed E-state index contributed by atoms with van der Waals surface area (Å²) in [6.07, 6.45) is 3.59. The molecule has 1 heterocycles. The van der Waals surface area contributed by atoms with Gasteiger partial charge in [-0.3, -0.25) is 4.79 Å². The lowest BCUT2D eigenvalue weighted by Gasteiger charge is -2.15. The normalized spacial score (nSPS) is 12.2. The Morgan fingerprint density at radius 1 is 1.33 bits per heavy atom. The molecule has 0 amide bonds. The third kappa shape index (κ3) is 3.93. The second-order valence-electron chi connectivity index (χ2n) is 4.57. The number of anilines is 1. The van der Waals surface area contributed by atoms with E-state index in [0.29, 0.717) is 16.4 Å². The van der Waals surface area contributed by atoms with Crippen LogP contribution in [-0.4, -0.2) is 27.8 Å². The van der Waals surface area contributed by atoms with Crippen LogP contribution in [0.4, 0.5) is 5.69 Å². The third-order valence-electron chi connectivity index (χ3n) is 2.81. The number of nitrogens with zero attached hydrogens (tertiary/aromatic N) is 2. The van der Waals surface area contributed by atoms with Crippen LogP contribution >= 0.6 is 35.0 Å². The van der Waals surface area contributed by atoms with Crippen LogP contribution in [0.1, 0.15) is 6.92 Å². The SMILES string of the molecule is CSCC(C)Nc1cnn(-c2ccc(Cl)cc2)c(=O)c1Cl. The molecule has 0 aliphatic heterocycles. The zero-order valence-corrected chi connectivity index (χ0v) is 14.0. The van der Waals surface area contributed by atoms with Gasteiger partial charge in [0.1, 0.15) is 5.02 Å². The molecule has 0 fully saturated rings. The Bertz CT molecular complexity index is 673. The predicted molar refractivity (Wildman–Crippen MR) is 91.3 cm³/mol. The zero-order chi connectivity index (χ0) is 15.4. The van der Waals surface area contributed by atoms with Gasteiger partial charge in [-0.05, 0) is 37.4 Å². The molecule has 2 rings (SSSR count). The number of nitrogens with one attached hydrogen (secondary N) is 1. The highest BCUT2D eigenvalue weighted by molar-refractivity contribution is 7.98. The van der Waals surface area contributed by atoms with E-state index in [-0.39, 0.29) is 16.6 Å². The van der Waals surface area contributed by atoms with Crippen LogP contribution in [-0.2, 0) is 0 Å². The monoisotopic (exact) mass is 343 g/mol. The van der Waals surface area contributed by atoms with Gasteiger partial charge in [-0.25, -0.2) is 0 Å². The standard InChI is InChI=1S/C14H15Cl2N3OS/c1-9(8-21-2)18-12-7-17-19(14(20)13(12)16)11-5-3-10(15)4-6-11/h3-7,9,18H,8H2,1-2H3. The van der Waals surface area contributed by atoms with Crippen molar-refractivity contribution in [1.29, 1.82) is 0 Å². The first-order valence-corrected chi connectivity index (χ1v) is 8.47. The maximum absolute atomic E-state index is 12.3. The summed E-state index contributed by atoms with van der Waals surface area (Å²) in [5, 5.41) is 8.08. The number of rotatable bonds is 5. The fourth-order valence-corrected chi connectivity index (χ4v) is 2.75. The minimum absolute atomic E-state index is 0.132. The summed E-state index contributed by atoms with van der Waals surface area (Å²) in [7, 11) is 0. The molecule has 21 heavy (non-hydrogen) atoms. The van der Waals surface area contributed by atoms with Crippen LogP contribution < -0.4 is 10.9 Å². The van der Waals surface area contributed by atoms with Crippen molar-refractivity contribution in [3.05, 3.63) is 50.9 Å². The number of thioether (sulfide) groups is 1. The summed E-state index contributed by atoms with van der Waals surface area (Å²) in [6, 6.07) is 7.04. The van der Waals surface area contributed by atoms with E-state index in [1.54, 1.807) is 42.2 Å². The molecule has 0 spiro atoms. The fraction of sp³-hybridized carbons (Fsp3) is 0.286. The number of hydrogen-bond donors (Lipinski definition) is 1. The van der Waals surface area contributed by atoms with Gasteiger partial charge >= 0.3 is 0 Å². The van der Waals surface area contributed by atoms with Crippen molar-refractivity contribution >= 4 is 40.7 Å². The van der Waals surface area contributed by atoms with Crippen LogP contribution in [0.2, 0.25) is 10.0 Å². The van der Waals surface area contributed by atoms with Crippen LogP contribution in [0.25, 0.3) is 5.69 Å². The maximum Gasteiger partial charge on any atom is 0.292 e. The molecule has 4 nitrogen and oxygen atoms in total. The average molecular weight is 344 g/mol. The second kappa shape index (κ2) is 7.20. The summed E-state index contributed by atoms with van der Waals surface area (Å²) in [6.45, 7) is 2.03. The minimum Gasteiger partial charge on any atom is -0.379 e. The molecule has 0 radical (unpaired) electrons. The van der Waals surface area contributed by atoms with E-state index < -0.39 is 0 Å². The molecule has 0 aliphatic rings. The van der Waals surface area contributed by atoms with E-state index in [2.05, 4.69) is 10.4 Å². The largest absolute Gasteiger partial charge is 0.379 e. The first-order chi connectivity index (χ1) is 10.0. The third-order valence-corrected chi connectivity index (χ3v) is 4.26. The fourth-order valence-electron chi connectivity index (χ4n) is 1.86. The number of aromatic nitrogens is 2. The molecule has 0 saturated heterocycles. The molecule has 1 aromatic heterocycles. The van der Waals surface area contributed by atoms with E-state index in [4.69, 9.17) is 23.2 Å². The quantitative estimate of drug-likeness (QED) is 0.898. The average Bonchev–Trinajstić information content (AvgIpc) is 2.46. The van der Waals surface area contributed by atoms with E-state index in [9.17, 15) is 4.79 Å². The Hall–Kier alpha value is -1.17. The smallest absolute Gasteiger partial charge is 0.292 e. The van der Waals surface area contributed by atoms with Gasteiger partial charge in [-0.2, -0.15) is 21.5 Å². The minimum atomic E-state index is -0.361. The maximum atomic E-state index is 12.3. The van der Waals surface area contributed by atoms with Crippen LogP contribution in [0.5, 0.6) is 0 Å². The molecule has 1 aromatic carbocycles. The van der Waals surface area contributed by atoms with Gasteiger partial charge in [0.15, 0.2) is 0 Å². The first kappa shape index (κ1) is 16.2. The highest BCUT2D eigenvalue weighted by atomic mass is 35.5. The van der Waals surface area contributed by atoms with Crippen LogP contribution in [0.15, 0.2) is 35.3 Å². The Morgan fingerprint density at radius 2 is 2.00 bits per heavy atom. The molecule has 0 bridgehead atoms. The van der Waals surface area contributed by atoms with E-state index >= 15 is 0 Å². The van der Waals surface area contributed by atoms with Crippen molar-refractivity contribution in [3.8, 4) is 5.69 Å². The Kier molecular flexibility index (Phi) is 5.56. The predicted octanol–water partition coefficient (Wildman–Crippen LogP) is 3.70. The summed E-state index contributed by atoms with van der Waals surface area (Å²) in [4.78, 5) is 12.3. The van der Waals surface area contributed by atoms with Gasteiger partial charge in [-0.1, -0.05) is 23.2 Å². The molecule has 0 saturated carbocycles. The van der Waals surface area contributed by atoms with Gasteiger partial charge in [-0.15, -0.1) is 0 Å². The molecular weight excluding hydrogens is 329 g/mol. The number of halogens is 2. The van der Waals surface area contributed by atoms with Gasteiger partial charge < -0.3 is 5.32 Å². The van der Waals surface area contributed by atoms with E-state index in [0.717, 1.165) is 5.75 Å². The van der Waals surface area contributed by atoms with Crippen molar-refractivity contribution in [2.24, 2.45) is 0 Å². The first-order valence-electron chi connectivity index (χ1n) is 6.32. The van der Waals surface area contributed by atoms with Crippen molar-refractivity contribution in [1.82, 2.24) is 9.78 Å². The lowest BCUT2D eigenvalue weighted by molar-refractivity contribution is 0.802. The number of benzene rings is 1. The van der Waals surface area contributed by atoms with E-state index in [1.807, 2.05) is 13.2 Å². The summed E-state index contributed by atoms with van der Waals surface area (Å²) in [5.41, 5.74) is 0.809. The topological polar surface area (TPSA) is 46.9 Å². The lowest BCUT2D eigenvalue weighted by atomic mass is 10.3. The lowest BCUT2D eigenvalue weighted by Crippen LogP contribution is -2.25. The van der Waals surface area contributed by atoms with Crippen LogP contribution in [0.3, 0.4) is 0 Å².